The normalized spacial score (nSPS) is 20.6. The Bertz CT molecular complexity index is 618. The summed E-state index contributed by atoms with van der Waals surface area (Å²) >= 11 is 0. The summed E-state index contributed by atoms with van der Waals surface area (Å²) in [6.45, 7) is 14.7. The second kappa shape index (κ2) is 12.6. The maximum atomic E-state index is 5.77. The minimum atomic E-state index is 0. The molecule has 3 rings (SSSR count). The van der Waals surface area contributed by atoms with Crippen molar-refractivity contribution in [3.63, 3.8) is 0 Å². The number of hydrogen-bond donors (Lipinski definition) is 1. The van der Waals surface area contributed by atoms with Crippen LogP contribution < -0.4 is 10.1 Å². The Morgan fingerprint density at radius 3 is 2.59 bits per heavy atom. The summed E-state index contributed by atoms with van der Waals surface area (Å²) in [5, 5.41) is 3.47. The summed E-state index contributed by atoms with van der Waals surface area (Å²) in [6, 6.07) is 8.94. The second-order valence-electron chi connectivity index (χ2n) is 8.06. The van der Waals surface area contributed by atoms with Crippen molar-refractivity contribution in [1.82, 2.24) is 15.1 Å². The van der Waals surface area contributed by atoms with Crippen molar-refractivity contribution in [2.24, 2.45) is 10.9 Å². The SMILES string of the molecule is CCNC(=NCc1ccc(OCC(C)C)cc1)N1CCC(N2CCOCC2)C1.I. The maximum absolute atomic E-state index is 5.77. The zero-order chi connectivity index (χ0) is 19.8. The number of hydrogen-bond acceptors (Lipinski definition) is 4. The third kappa shape index (κ3) is 7.61. The van der Waals surface area contributed by atoms with Crippen LogP contribution in [0.1, 0.15) is 32.8 Å². The van der Waals surface area contributed by atoms with Gasteiger partial charge in [-0.25, -0.2) is 4.99 Å². The van der Waals surface area contributed by atoms with Crippen LogP contribution in [0.5, 0.6) is 5.75 Å². The molecule has 2 fully saturated rings. The van der Waals surface area contributed by atoms with Gasteiger partial charge in [-0.2, -0.15) is 0 Å². The molecule has 7 heteroatoms. The first-order valence-corrected chi connectivity index (χ1v) is 10.7. The highest BCUT2D eigenvalue weighted by molar-refractivity contribution is 14.0. The van der Waals surface area contributed by atoms with Crippen molar-refractivity contribution in [1.29, 1.82) is 0 Å². The number of morpholine rings is 1. The van der Waals surface area contributed by atoms with Crippen LogP contribution in [0.4, 0.5) is 0 Å². The summed E-state index contributed by atoms with van der Waals surface area (Å²) < 4.78 is 11.3. The van der Waals surface area contributed by atoms with Crippen LogP contribution >= 0.6 is 24.0 Å². The van der Waals surface area contributed by atoms with Crippen molar-refractivity contribution in [2.45, 2.75) is 39.8 Å². The topological polar surface area (TPSA) is 49.3 Å². The van der Waals surface area contributed by atoms with Gasteiger partial charge in [-0.15, -0.1) is 24.0 Å². The Hall–Kier alpha value is -1.06. The minimum Gasteiger partial charge on any atom is -0.493 e. The Labute approximate surface area is 193 Å². The lowest BCUT2D eigenvalue weighted by Gasteiger charge is -2.32. The van der Waals surface area contributed by atoms with Gasteiger partial charge in [0.1, 0.15) is 5.75 Å². The number of benzene rings is 1. The number of guanidine groups is 1. The van der Waals surface area contributed by atoms with Gasteiger partial charge in [-0.1, -0.05) is 26.0 Å². The van der Waals surface area contributed by atoms with Gasteiger partial charge >= 0.3 is 0 Å². The number of ether oxygens (including phenoxy) is 2. The first-order valence-electron chi connectivity index (χ1n) is 10.7. The van der Waals surface area contributed by atoms with Gasteiger partial charge in [0.2, 0.25) is 0 Å². The fourth-order valence-corrected chi connectivity index (χ4v) is 3.72. The van der Waals surface area contributed by atoms with Crippen LogP contribution in [0.15, 0.2) is 29.3 Å². The quantitative estimate of drug-likeness (QED) is 0.343. The molecule has 0 radical (unpaired) electrons. The van der Waals surface area contributed by atoms with Crippen LogP contribution in [0.25, 0.3) is 0 Å². The summed E-state index contributed by atoms with van der Waals surface area (Å²) in [4.78, 5) is 9.88. The van der Waals surface area contributed by atoms with Crippen LogP contribution in [0.2, 0.25) is 0 Å². The smallest absolute Gasteiger partial charge is 0.194 e. The average Bonchev–Trinajstić information content (AvgIpc) is 3.21. The summed E-state index contributed by atoms with van der Waals surface area (Å²) in [5.41, 5.74) is 1.20. The number of nitrogens with one attached hydrogen (secondary N) is 1. The lowest BCUT2D eigenvalue weighted by Crippen LogP contribution is -2.46. The molecule has 0 aromatic heterocycles. The fraction of sp³-hybridized carbons (Fsp3) is 0.682. The van der Waals surface area contributed by atoms with Gasteiger partial charge < -0.3 is 19.7 Å². The van der Waals surface area contributed by atoms with Gasteiger partial charge in [0, 0.05) is 38.8 Å². The van der Waals surface area contributed by atoms with Gasteiger partial charge in [0.05, 0.1) is 26.4 Å². The first kappa shape index (κ1) is 24.2. The van der Waals surface area contributed by atoms with E-state index in [1.54, 1.807) is 0 Å². The highest BCUT2D eigenvalue weighted by Crippen LogP contribution is 2.18. The number of likely N-dealkylation sites (tertiary alicyclic amines) is 1. The van der Waals surface area contributed by atoms with E-state index in [4.69, 9.17) is 14.5 Å². The zero-order valence-electron chi connectivity index (χ0n) is 18.1. The van der Waals surface area contributed by atoms with E-state index in [2.05, 4.69) is 48.0 Å². The van der Waals surface area contributed by atoms with Gasteiger partial charge in [-0.3, -0.25) is 4.90 Å². The number of halogens is 1. The van der Waals surface area contributed by atoms with E-state index in [9.17, 15) is 0 Å². The Kier molecular flexibility index (Phi) is 10.5. The molecule has 0 spiro atoms. The van der Waals surface area contributed by atoms with E-state index in [0.717, 1.165) is 64.3 Å². The Morgan fingerprint density at radius 2 is 1.93 bits per heavy atom. The van der Waals surface area contributed by atoms with Gasteiger partial charge in [-0.05, 0) is 37.0 Å². The molecule has 0 aliphatic carbocycles. The molecule has 2 saturated heterocycles. The highest BCUT2D eigenvalue weighted by atomic mass is 127. The first-order chi connectivity index (χ1) is 13.7. The number of aliphatic imine (C=N–C) groups is 1. The zero-order valence-corrected chi connectivity index (χ0v) is 20.4. The standard InChI is InChI=1S/C22H36N4O2.HI/c1-4-23-22(26-10-9-20(16-26)25-11-13-27-14-12-25)24-15-19-5-7-21(8-6-19)28-17-18(2)3;/h5-8,18,20H,4,9-17H2,1-3H3,(H,23,24);1H. The van der Waals surface area contributed by atoms with Crippen molar-refractivity contribution in [2.75, 3.05) is 52.5 Å². The van der Waals surface area contributed by atoms with E-state index in [-0.39, 0.29) is 24.0 Å². The van der Waals surface area contributed by atoms with Gasteiger partial charge in [0.25, 0.3) is 0 Å². The molecule has 1 N–H and O–H groups in total. The monoisotopic (exact) mass is 516 g/mol. The van der Waals surface area contributed by atoms with E-state index >= 15 is 0 Å². The molecule has 2 aliphatic rings. The van der Waals surface area contributed by atoms with E-state index in [1.165, 1.54) is 12.0 Å². The fourth-order valence-electron chi connectivity index (χ4n) is 3.72. The van der Waals surface area contributed by atoms with Crippen molar-refractivity contribution in [3.05, 3.63) is 29.8 Å². The maximum Gasteiger partial charge on any atom is 0.194 e. The summed E-state index contributed by atoms with van der Waals surface area (Å²) in [7, 11) is 0. The molecule has 2 heterocycles. The second-order valence-corrected chi connectivity index (χ2v) is 8.06. The molecule has 164 valence electrons. The third-order valence-electron chi connectivity index (χ3n) is 5.28. The van der Waals surface area contributed by atoms with Crippen LogP contribution in [-0.4, -0.2) is 74.3 Å². The molecule has 1 aromatic carbocycles. The molecule has 0 bridgehead atoms. The van der Waals surface area contributed by atoms with Crippen LogP contribution in [0, 0.1) is 5.92 Å². The molecule has 2 aliphatic heterocycles. The number of rotatable bonds is 7. The van der Waals surface area contributed by atoms with Crippen molar-refractivity contribution >= 4 is 29.9 Å². The van der Waals surface area contributed by atoms with E-state index in [0.29, 0.717) is 18.5 Å². The van der Waals surface area contributed by atoms with E-state index in [1.807, 2.05) is 12.1 Å². The molecular weight excluding hydrogens is 479 g/mol. The Balaban J connectivity index is 0.00000300. The molecule has 0 amide bonds. The predicted molar refractivity (Wildman–Crippen MR) is 129 cm³/mol. The Morgan fingerprint density at radius 1 is 1.21 bits per heavy atom. The molecule has 1 atom stereocenters. The molecule has 0 saturated carbocycles. The molecule has 1 aromatic rings. The lowest BCUT2D eigenvalue weighted by atomic mass is 10.2. The van der Waals surface area contributed by atoms with Crippen molar-refractivity contribution < 1.29 is 9.47 Å². The van der Waals surface area contributed by atoms with Crippen LogP contribution in [0.3, 0.4) is 0 Å². The average molecular weight is 516 g/mol. The summed E-state index contributed by atoms with van der Waals surface area (Å²) in [5.74, 6) is 2.49. The largest absolute Gasteiger partial charge is 0.493 e. The predicted octanol–water partition coefficient (Wildman–Crippen LogP) is 3.21. The molecule has 29 heavy (non-hydrogen) atoms. The minimum absolute atomic E-state index is 0. The summed E-state index contributed by atoms with van der Waals surface area (Å²) in [6.07, 6.45) is 1.20. The van der Waals surface area contributed by atoms with Gasteiger partial charge in [0.15, 0.2) is 5.96 Å². The molecule has 1 unspecified atom stereocenters. The highest BCUT2D eigenvalue weighted by Gasteiger charge is 2.30. The van der Waals surface area contributed by atoms with Crippen LogP contribution in [-0.2, 0) is 11.3 Å². The van der Waals surface area contributed by atoms with Crippen molar-refractivity contribution in [3.8, 4) is 5.75 Å². The van der Waals surface area contributed by atoms with E-state index < -0.39 is 0 Å². The lowest BCUT2D eigenvalue weighted by molar-refractivity contribution is 0.0195. The molecular formula is C22H37IN4O2. The number of nitrogens with zero attached hydrogens (tertiary/aromatic N) is 3. The molecule has 6 nitrogen and oxygen atoms in total. The third-order valence-corrected chi connectivity index (χ3v) is 5.28.